The normalized spacial score (nSPS) is 11.7. The average molecular weight is 271 g/mol. The number of nitrogens with zero attached hydrogens (tertiary/aromatic N) is 1. The molecule has 0 radical (unpaired) electrons. The monoisotopic (exact) mass is 271 g/mol. The fourth-order valence-electron chi connectivity index (χ4n) is 1.21. The van der Waals surface area contributed by atoms with Crippen molar-refractivity contribution in [2.24, 2.45) is 0 Å². The van der Waals surface area contributed by atoms with Gasteiger partial charge in [0.15, 0.2) is 0 Å². The average Bonchev–Trinajstić information content (AvgIpc) is 2.25. The van der Waals surface area contributed by atoms with E-state index in [1.54, 1.807) is 0 Å². The molecule has 9 heteroatoms. The minimum atomic E-state index is -4.96. The fourth-order valence-corrected chi connectivity index (χ4v) is 1.21. The molecule has 0 atom stereocenters. The van der Waals surface area contributed by atoms with E-state index < -0.39 is 41.3 Å². The van der Waals surface area contributed by atoms with Gasteiger partial charge in [0, 0.05) is 0 Å². The largest absolute Gasteiger partial charge is 0.481 e. The Hall–Kier alpha value is -1.93. The Balaban J connectivity index is 3.57. The molecule has 18 heavy (non-hydrogen) atoms. The summed E-state index contributed by atoms with van der Waals surface area (Å²) in [6.07, 6.45) is -8.28. The summed E-state index contributed by atoms with van der Waals surface area (Å²) in [5.74, 6) is -3.02. The number of methoxy groups -OCH3 is 1. The van der Waals surface area contributed by atoms with E-state index in [0.717, 1.165) is 7.11 Å². The summed E-state index contributed by atoms with van der Waals surface area (Å²) in [7, 11) is 0.813. The number of carboxylic acids is 1. The van der Waals surface area contributed by atoms with E-state index in [4.69, 9.17) is 5.11 Å². The summed E-state index contributed by atoms with van der Waals surface area (Å²) >= 11 is 0. The van der Waals surface area contributed by atoms with Crippen LogP contribution in [0.5, 0.6) is 5.88 Å². The van der Waals surface area contributed by atoms with Crippen molar-refractivity contribution in [1.29, 1.82) is 0 Å². The maximum Gasteiger partial charge on any atom is 0.421 e. The Morgan fingerprint density at radius 3 is 2.33 bits per heavy atom. The number of hydrogen-bond acceptors (Lipinski definition) is 3. The second-order valence-corrected chi connectivity index (χ2v) is 3.08. The number of rotatable bonds is 3. The molecule has 0 aromatic carbocycles. The predicted octanol–water partition coefficient (Wildman–Crippen LogP) is 2.74. The maximum absolute atomic E-state index is 12.5. The van der Waals surface area contributed by atoms with Crippen LogP contribution in [0.15, 0.2) is 6.07 Å². The van der Waals surface area contributed by atoms with Crippen LogP contribution >= 0.6 is 0 Å². The first kappa shape index (κ1) is 14.1. The summed E-state index contributed by atoms with van der Waals surface area (Å²) < 4.78 is 66.7. The highest BCUT2D eigenvalue weighted by Gasteiger charge is 2.38. The molecule has 0 aliphatic carbocycles. The van der Waals surface area contributed by atoms with Crippen molar-refractivity contribution < 1.29 is 36.6 Å². The number of pyridine rings is 1. The van der Waals surface area contributed by atoms with Gasteiger partial charge < -0.3 is 9.84 Å². The highest BCUT2D eigenvalue weighted by Crippen LogP contribution is 2.37. The second kappa shape index (κ2) is 4.75. The van der Waals surface area contributed by atoms with E-state index in [2.05, 4.69) is 9.72 Å². The van der Waals surface area contributed by atoms with Gasteiger partial charge >= 0.3 is 12.1 Å². The highest BCUT2D eigenvalue weighted by molar-refractivity contribution is 5.89. The molecule has 100 valence electrons. The number of aromatic nitrogens is 1. The van der Waals surface area contributed by atoms with Gasteiger partial charge in [-0.2, -0.15) is 13.2 Å². The molecule has 4 nitrogen and oxygen atoms in total. The van der Waals surface area contributed by atoms with E-state index in [1.807, 2.05) is 0 Å². The lowest BCUT2D eigenvalue weighted by Gasteiger charge is -2.14. The number of carboxylic acid groups (broad SMARTS) is 1. The van der Waals surface area contributed by atoms with E-state index >= 15 is 0 Å². The van der Waals surface area contributed by atoms with Gasteiger partial charge in [0.25, 0.3) is 6.43 Å². The third kappa shape index (κ3) is 2.66. The molecule has 0 saturated heterocycles. The van der Waals surface area contributed by atoms with Crippen molar-refractivity contribution in [3.63, 3.8) is 0 Å². The Morgan fingerprint density at radius 1 is 1.44 bits per heavy atom. The van der Waals surface area contributed by atoms with Crippen LogP contribution in [0.25, 0.3) is 0 Å². The van der Waals surface area contributed by atoms with Crippen molar-refractivity contribution in [1.82, 2.24) is 4.98 Å². The van der Waals surface area contributed by atoms with Crippen LogP contribution in [-0.2, 0) is 6.18 Å². The van der Waals surface area contributed by atoms with E-state index in [9.17, 15) is 26.7 Å². The summed E-state index contributed by atoms with van der Waals surface area (Å²) in [6, 6.07) is 0.0790. The van der Waals surface area contributed by atoms with Crippen molar-refractivity contribution in [2.45, 2.75) is 12.6 Å². The smallest absolute Gasteiger partial charge is 0.421 e. The van der Waals surface area contributed by atoms with Gasteiger partial charge in [-0.25, -0.2) is 18.6 Å². The molecule has 1 N–H and O–H groups in total. The van der Waals surface area contributed by atoms with Gasteiger partial charge in [-0.05, 0) is 6.07 Å². The van der Waals surface area contributed by atoms with Crippen LogP contribution in [0.1, 0.15) is 28.0 Å². The van der Waals surface area contributed by atoms with Gasteiger partial charge in [0.2, 0.25) is 5.88 Å². The SMILES string of the molecule is COc1nc(C(F)F)c(C(=O)O)cc1C(F)(F)F. The summed E-state index contributed by atoms with van der Waals surface area (Å²) in [5, 5.41) is 8.59. The molecule has 1 aromatic heterocycles. The van der Waals surface area contributed by atoms with Crippen LogP contribution in [0, 0.1) is 0 Å². The van der Waals surface area contributed by atoms with Crippen LogP contribution in [0.2, 0.25) is 0 Å². The van der Waals surface area contributed by atoms with Crippen LogP contribution in [-0.4, -0.2) is 23.2 Å². The number of hydrogen-bond donors (Lipinski definition) is 1. The second-order valence-electron chi connectivity index (χ2n) is 3.08. The molecular weight excluding hydrogens is 265 g/mol. The maximum atomic E-state index is 12.5. The number of aromatic carboxylic acids is 1. The molecule has 0 aliphatic heterocycles. The number of ether oxygens (including phenoxy) is 1. The molecule has 1 rings (SSSR count). The number of carbonyl (C=O) groups is 1. The molecule has 0 fully saturated rings. The zero-order valence-corrected chi connectivity index (χ0v) is 8.76. The molecule has 0 aliphatic rings. The third-order valence-electron chi connectivity index (χ3n) is 1.95. The molecule has 0 bridgehead atoms. The standard InChI is InChI=1S/C9H6F5NO3/c1-18-7-4(9(12,13)14)2-3(8(16)17)5(15-7)6(10)11/h2,6H,1H3,(H,16,17). The Bertz CT molecular complexity index is 472. The van der Waals surface area contributed by atoms with Crippen LogP contribution in [0.3, 0.4) is 0 Å². The lowest BCUT2D eigenvalue weighted by atomic mass is 10.1. The van der Waals surface area contributed by atoms with Gasteiger partial charge in [-0.15, -0.1) is 0 Å². The first-order chi connectivity index (χ1) is 8.18. The molecule has 0 amide bonds. The highest BCUT2D eigenvalue weighted by atomic mass is 19.4. The van der Waals surface area contributed by atoms with Gasteiger partial charge in [0.1, 0.15) is 11.3 Å². The number of alkyl halides is 5. The third-order valence-corrected chi connectivity index (χ3v) is 1.95. The molecule has 0 unspecified atom stereocenters. The van der Waals surface area contributed by atoms with E-state index in [0.29, 0.717) is 0 Å². The van der Waals surface area contributed by atoms with Gasteiger partial charge in [-0.3, -0.25) is 0 Å². The fraction of sp³-hybridized carbons (Fsp3) is 0.333. The zero-order valence-electron chi connectivity index (χ0n) is 8.76. The minimum Gasteiger partial charge on any atom is -0.481 e. The predicted molar refractivity (Wildman–Crippen MR) is 47.7 cm³/mol. The summed E-state index contributed by atoms with van der Waals surface area (Å²) in [4.78, 5) is 13.5. The molecule has 0 spiro atoms. The Morgan fingerprint density at radius 2 is 2.00 bits per heavy atom. The molecular formula is C9H6F5NO3. The van der Waals surface area contributed by atoms with Crippen LogP contribution in [0.4, 0.5) is 22.0 Å². The van der Waals surface area contributed by atoms with Crippen molar-refractivity contribution in [3.8, 4) is 5.88 Å². The van der Waals surface area contributed by atoms with Gasteiger partial charge in [-0.1, -0.05) is 0 Å². The molecule has 1 aromatic rings. The minimum absolute atomic E-state index is 0.0790. The molecule has 1 heterocycles. The first-order valence-electron chi connectivity index (χ1n) is 4.36. The lowest BCUT2D eigenvalue weighted by Crippen LogP contribution is -2.14. The van der Waals surface area contributed by atoms with Crippen molar-refractivity contribution in [3.05, 3.63) is 22.9 Å². The van der Waals surface area contributed by atoms with Gasteiger partial charge in [0.05, 0.1) is 12.7 Å². The summed E-state index contributed by atoms with van der Waals surface area (Å²) in [6.45, 7) is 0. The zero-order chi connectivity index (χ0) is 14.1. The lowest BCUT2D eigenvalue weighted by molar-refractivity contribution is -0.139. The number of halogens is 5. The van der Waals surface area contributed by atoms with Crippen molar-refractivity contribution >= 4 is 5.97 Å². The quantitative estimate of drug-likeness (QED) is 0.859. The Labute approximate surface area is 97.0 Å². The van der Waals surface area contributed by atoms with Crippen LogP contribution < -0.4 is 4.74 Å². The molecule has 0 saturated carbocycles. The first-order valence-corrected chi connectivity index (χ1v) is 4.36. The van der Waals surface area contributed by atoms with E-state index in [-0.39, 0.29) is 6.07 Å². The van der Waals surface area contributed by atoms with E-state index in [1.165, 1.54) is 0 Å². The Kier molecular flexibility index (Phi) is 3.73. The van der Waals surface area contributed by atoms with Crippen molar-refractivity contribution in [2.75, 3.05) is 7.11 Å². The topological polar surface area (TPSA) is 59.4 Å². The summed E-state index contributed by atoms with van der Waals surface area (Å²) in [5.41, 5.74) is -4.00.